The number of unbranched alkanes of at least 4 members (excludes halogenated alkanes) is 1. The number of aromatic carboxylic acids is 1. The van der Waals surface area contributed by atoms with Gasteiger partial charge >= 0.3 is 5.97 Å². The van der Waals surface area contributed by atoms with E-state index in [-0.39, 0.29) is 0 Å². The van der Waals surface area contributed by atoms with E-state index in [9.17, 15) is 4.79 Å². The van der Waals surface area contributed by atoms with Gasteiger partial charge in [-0.25, -0.2) is 9.78 Å². The van der Waals surface area contributed by atoms with Crippen LogP contribution in [-0.4, -0.2) is 20.6 Å². The van der Waals surface area contributed by atoms with Gasteiger partial charge in [0, 0.05) is 13.0 Å². The molecule has 0 fully saturated rings. The molecule has 1 aromatic heterocycles. The second kappa shape index (κ2) is 5.87. The summed E-state index contributed by atoms with van der Waals surface area (Å²) in [4.78, 5) is 15.7. The number of carbonyl (C=O) groups is 1. The Balaban J connectivity index is 2.52. The fraction of sp³-hybridized carbons (Fsp3) is 0.467. The Labute approximate surface area is 113 Å². The highest BCUT2D eigenvalue weighted by molar-refractivity contribution is 5.92. The van der Waals surface area contributed by atoms with Crippen molar-refractivity contribution in [2.24, 2.45) is 0 Å². The minimum atomic E-state index is -0.887. The monoisotopic (exact) mass is 260 g/mol. The second-order valence-corrected chi connectivity index (χ2v) is 4.79. The van der Waals surface area contributed by atoms with Crippen molar-refractivity contribution in [1.29, 1.82) is 0 Å². The number of rotatable bonds is 6. The average Bonchev–Trinajstić information content (AvgIpc) is 2.73. The molecule has 102 valence electrons. The maximum absolute atomic E-state index is 11.1. The van der Waals surface area contributed by atoms with Crippen LogP contribution in [0.15, 0.2) is 18.2 Å². The topological polar surface area (TPSA) is 55.1 Å². The van der Waals surface area contributed by atoms with Crippen molar-refractivity contribution in [3.8, 4) is 0 Å². The lowest BCUT2D eigenvalue weighted by Gasteiger charge is -2.08. The van der Waals surface area contributed by atoms with Crippen LogP contribution in [0.3, 0.4) is 0 Å². The molecule has 4 nitrogen and oxygen atoms in total. The van der Waals surface area contributed by atoms with Gasteiger partial charge in [0.25, 0.3) is 0 Å². The molecule has 0 saturated carbocycles. The summed E-state index contributed by atoms with van der Waals surface area (Å²) in [5, 5.41) is 9.09. The van der Waals surface area contributed by atoms with Crippen LogP contribution in [0.1, 0.15) is 49.3 Å². The first-order valence-electron chi connectivity index (χ1n) is 6.89. The molecule has 1 N–H and O–H groups in total. The second-order valence-electron chi connectivity index (χ2n) is 4.79. The predicted octanol–water partition coefficient (Wildman–Crippen LogP) is 3.49. The average molecular weight is 260 g/mol. The highest BCUT2D eigenvalue weighted by atomic mass is 16.4. The number of hydrogen-bond donors (Lipinski definition) is 1. The van der Waals surface area contributed by atoms with Crippen LogP contribution >= 0.6 is 0 Å². The Morgan fingerprint density at radius 1 is 1.32 bits per heavy atom. The van der Waals surface area contributed by atoms with Crippen LogP contribution in [-0.2, 0) is 13.0 Å². The number of benzene rings is 1. The molecule has 1 aromatic carbocycles. The maximum Gasteiger partial charge on any atom is 0.335 e. The summed E-state index contributed by atoms with van der Waals surface area (Å²) in [7, 11) is 0. The molecule has 1 heterocycles. The standard InChI is InChI=1S/C15H20N2O2/c1-3-5-9-17-13-10-11(15(18)19)7-8-12(13)16-14(17)6-4-2/h7-8,10H,3-6,9H2,1-2H3,(H,18,19). The van der Waals surface area contributed by atoms with E-state index in [1.807, 2.05) is 0 Å². The molecule has 0 aliphatic heterocycles. The number of carboxylic acids is 1. The SMILES string of the molecule is CCCCn1c(CCC)nc2ccc(C(=O)O)cc21. The molecule has 0 spiro atoms. The molecule has 0 radical (unpaired) electrons. The van der Waals surface area contributed by atoms with Gasteiger partial charge in [0.2, 0.25) is 0 Å². The molecule has 0 atom stereocenters. The van der Waals surface area contributed by atoms with Crippen molar-refractivity contribution in [2.75, 3.05) is 0 Å². The number of aryl methyl sites for hydroxylation is 2. The molecule has 0 aliphatic carbocycles. The highest BCUT2D eigenvalue weighted by Crippen LogP contribution is 2.20. The molecule has 0 saturated heterocycles. The molecule has 19 heavy (non-hydrogen) atoms. The zero-order valence-electron chi connectivity index (χ0n) is 11.5. The number of imidazole rings is 1. The van der Waals surface area contributed by atoms with Gasteiger partial charge in [0.15, 0.2) is 0 Å². The smallest absolute Gasteiger partial charge is 0.335 e. The van der Waals surface area contributed by atoms with Crippen molar-refractivity contribution < 1.29 is 9.90 Å². The van der Waals surface area contributed by atoms with E-state index in [1.165, 1.54) is 0 Å². The van der Waals surface area contributed by atoms with E-state index in [0.29, 0.717) is 5.56 Å². The van der Waals surface area contributed by atoms with Crippen molar-refractivity contribution in [1.82, 2.24) is 9.55 Å². The first-order valence-corrected chi connectivity index (χ1v) is 6.89. The van der Waals surface area contributed by atoms with E-state index < -0.39 is 5.97 Å². The lowest BCUT2D eigenvalue weighted by atomic mass is 10.2. The molecule has 4 heteroatoms. The largest absolute Gasteiger partial charge is 0.478 e. The van der Waals surface area contributed by atoms with Crippen molar-refractivity contribution in [3.05, 3.63) is 29.6 Å². The van der Waals surface area contributed by atoms with Crippen LogP contribution in [0.5, 0.6) is 0 Å². The van der Waals surface area contributed by atoms with Crippen LogP contribution in [0.25, 0.3) is 11.0 Å². The Bertz CT molecular complexity index is 587. The number of nitrogens with zero attached hydrogens (tertiary/aromatic N) is 2. The molecule has 2 rings (SSSR count). The van der Waals surface area contributed by atoms with Gasteiger partial charge in [-0.2, -0.15) is 0 Å². The van der Waals surface area contributed by atoms with E-state index in [0.717, 1.165) is 49.1 Å². The minimum absolute atomic E-state index is 0.327. The summed E-state index contributed by atoms with van der Waals surface area (Å²) in [6.45, 7) is 5.19. The van der Waals surface area contributed by atoms with Crippen molar-refractivity contribution in [2.45, 2.75) is 46.1 Å². The van der Waals surface area contributed by atoms with Gasteiger partial charge in [-0.05, 0) is 31.0 Å². The summed E-state index contributed by atoms with van der Waals surface area (Å²) in [5.74, 6) is 0.177. The third kappa shape index (κ3) is 2.78. The number of hydrogen-bond acceptors (Lipinski definition) is 2. The summed E-state index contributed by atoms with van der Waals surface area (Å²) < 4.78 is 2.18. The summed E-state index contributed by atoms with van der Waals surface area (Å²) in [6.07, 6.45) is 4.17. The van der Waals surface area contributed by atoms with Gasteiger partial charge in [-0.15, -0.1) is 0 Å². The van der Waals surface area contributed by atoms with E-state index in [1.54, 1.807) is 18.2 Å². The van der Waals surface area contributed by atoms with Gasteiger partial charge in [-0.3, -0.25) is 0 Å². The number of aromatic nitrogens is 2. The normalized spacial score (nSPS) is 11.1. The zero-order chi connectivity index (χ0) is 13.8. The van der Waals surface area contributed by atoms with Gasteiger partial charge in [0.1, 0.15) is 5.82 Å². The molecule has 2 aromatic rings. The van der Waals surface area contributed by atoms with Gasteiger partial charge < -0.3 is 9.67 Å². The Hall–Kier alpha value is -1.84. The Kier molecular flexibility index (Phi) is 4.20. The summed E-state index contributed by atoms with van der Waals surface area (Å²) >= 11 is 0. The predicted molar refractivity (Wildman–Crippen MR) is 75.6 cm³/mol. The van der Waals surface area contributed by atoms with Crippen LogP contribution in [0.4, 0.5) is 0 Å². The quantitative estimate of drug-likeness (QED) is 0.865. The van der Waals surface area contributed by atoms with Crippen LogP contribution < -0.4 is 0 Å². The lowest BCUT2D eigenvalue weighted by molar-refractivity contribution is 0.0697. The summed E-state index contributed by atoms with van der Waals surface area (Å²) in [6, 6.07) is 5.16. The van der Waals surface area contributed by atoms with E-state index in [4.69, 9.17) is 5.11 Å². The maximum atomic E-state index is 11.1. The highest BCUT2D eigenvalue weighted by Gasteiger charge is 2.12. The molecule has 0 bridgehead atoms. The van der Waals surface area contributed by atoms with Crippen molar-refractivity contribution >= 4 is 17.0 Å². The third-order valence-electron chi connectivity index (χ3n) is 3.28. The molecule has 0 aliphatic rings. The van der Waals surface area contributed by atoms with E-state index in [2.05, 4.69) is 23.4 Å². The Morgan fingerprint density at radius 2 is 2.11 bits per heavy atom. The first kappa shape index (κ1) is 13.6. The molecular weight excluding hydrogens is 240 g/mol. The summed E-state index contributed by atoms with van der Waals surface area (Å²) in [5.41, 5.74) is 2.16. The molecular formula is C15H20N2O2. The molecule has 0 amide bonds. The zero-order valence-corrected chi connectivity index (χ0v) is 11.5. The minimum Gasteiger partial charge on any atom is -0.478 e. The Morgan fingerprint density at radius 3 is 2.74 bits per heavy atom. The first-order chi connectivity index (χ1) is 9.17. The van der Waals surface area contributed by atoms with Crippen LogP contribution in [0.2, 0.25) is 0 Å². The fourth-order valence-corrected chi connectivity index (χ4v) is 2.29. The molecule has 0 unspecified atom stereocenters. The van der Waals surface area contributed by atoms with Crippen molar-refractivity contribution in [3.63, 3.8) is 0 Å². The fourth-order valence-electron chi connectivity index (χ4n) is 2.29. The lowest BCUT2D eigenvalue weighted by Crippen LogP contribution is -2.04. The van der Waals surface area contributed by atoms with Gasteiger partial charge in [0.05, 0.1) is 16.6 Å². The van der Waals surface area contributed by atoms with Gasteiger partial charge in [-0.1, -0.05) is 20.3 Å². The number of carboxylic acid groups (broad SMARTS) is 1. The number of fused-ring (bicyclic) bond motifs is 1. The van der Waals surface area contributed by atoms with E-state index >= 15 is 0 Å². The van der Waals surface area contributed by atoms with Crippen LogP contribution in [0, 0.1) is 0 Å². The third-order valence-corrected chi connectivity index (χ3v) is 3.28.